The zero-order valence-electron chi connectivity index (χ0n) is 12.1. The molecule has 7 heteroatoms. The van der Waals surface area contributed by atoms with Gasteiger partial charge in [-0.25, -0.2) is 13.1 Å². The van der Waals surface area contributed by atoms with Crippen molar-refractivity contribution in [3.05, 3.63) is 46.2 Å². The topological polar surface area (TPSA) is 66.5 Å². The summed E-state index contributed by atoms with van der Waals surface area (Å²) in [6.45, 7) is 2.37. The van der Waals surface area contributed by atoms with Crippen LogP contribution in [0.4, 0.5) is 5.69 Å². The molecule has 0 saturated carbocycles. The first-order chi connectivity index (χ1) is 10.5. The van der Waals surface area contributed by atoms with Gasteiger partial charge >= 0.3 is 0 Å². The number of hydrogen-bond donors (Lipinski definition) is 1. The predicted octanol–water partition coefficient (Wildman–Crippen LogP) is 2.14. The third-order valence-corrected chi connectivity index (χ3v) is 5.93. The molecule has 2 aromatic rings. The summed E-state index contributed by atoms with van der Waals surface area (Å²) in [7, 11) is -3.59. The largest absolute Gasteiger partial charge is 0.312 e. The first kappa shape index (κ1) is 15.2. The van der Waals surface area contributed by atoms with E-state index < -0.39 is 10.0 Å². The Labute approximate surface area is 133 Å². The summed E-state index contributed by atoms with van der Waals surface area (Å²) in [5.41, 5.74) is 1.71. The monoisotopic (exact) mass is 336 g/mol. The van der Waals surface area contributed by atoms with Crippen molar-refractivity contribution in [2.24, 2.45) is 0 Å². The fraction of sp³-hybridized carbons (Fsp3) is 0.267. The molecule has 3 rings (SSSR count). The first-order valence-electron chi connectivity index (χ1n) is 6.90. The molecule has 0 bridgehead atoms. The maximum atomic E-state index is 12.4. The van der Waals surface area contributed by atoms with Crippen LogP contribution in [0.25, 0.3) is 0 Å². The molecule has 1 amide bonds. The number of sulfonamides is 1. The highest BCUT2D eigenvalue weighted by Crippen LogP contribution is 2.30. The van der Waals surface area contributed by atoms with Crippen molar-refractivity contribution in [1.82, 2.24) is 4.72 Å². The number of anilines is 1. The highest BCUT2D eigenvalue weighted by molar-refractivity contribution is 7.89. The fourth-order valence-electron chi connectivity index (χ4n) is 2.52. The summed E-state index contributed by atoms with van der Waals surface area (Å²) in [5.74, 6) is -0.0696. The van der Waals surface area contributed by atoms with Crippen molar-refractivity contribution in [1.29, 1.82) is 0 Å². The van der Waals surface area contributed by atoms with Crippen molar-refractivity contribution in [3.8, 4) is 0 Å². The van der Waals surface area contributed by atoms with Crippen molar-refractivity contribution in [3.63, 3.8) is 0 Å². The molecular formula is C15H16N2O3S2. The molecular weight excluding hydrogens is 320 g/mol. The SMILES string of the molecule is CC(=O)N1CCc2ccc(S(=O)(=O)NCc3cccs3)cc21. The lowest BCUT2D eigenvalue weighted by atomic mass is 10.2. The summed E-state index contributed by atoms with van der Waals surface area (Å²) >= 11 is 1.50. The Morgan fingerprint density at radius 1 is 1.36 bits per heavy atom. The van der Waals surface area contributed by atoms with E-state index in [1.807, 2.05) is 17.5 Å². The Balaban J connectivity index is 1.85. The van der Waals surface area contributed by atoms with Gasteiger partial charge in [-0.2, -0.15) is 0 Å². The fourth-order valence-corrected chi connectivity index (χ4v) is 4.28. The number of nitrogens with one attached hydrogen (secondary N) is 1. The quantitative estimate of drug-likeness (QED) is 0.930. The number of nitrogens with zero attached hydrogens (tertiary/aromatic N) is 1. The maximum absolute atomic E-state index is 12.4. The molecule has 1 aliphatic rings. The number of benzene rings is 1. The van der Waals surface area contributed by atoms with Gasteiger partial charge in [0.15, 0.2) is 0 Å². The van der Waals surface area contributed by atoms with Gasteiger partial charge in [0.2, 0.25) is 15.9 Å². The van der Waals surface area contributed by atoms with Gasteiger partial charge in [-0.1, -0.05) is 12.1 Å². The first-order valence-corrected chi connectivity index (χ1v) is 9.27. The molecule has 0 saturated heterocycles. The van der Waals surface area contributed by atoms with Crippen LogP contribution in [-0.2, 0) is 27.8 Å². The summed E-state index contributed by atoms with van der Waals surface area (Å²) in [6.07, 6.45) is 0.762. The van der Waals surface area contributed by atoms with Crippen LogP contribution in [0.2, 0.25) is 0 Å². The lowest BCUT2D eigenvalue weighted by Gasteiger charge is -2.15. The second-order valence-corrected chi connectivity index (χ2v) is 7.91. The van der Waals surface area contributed by atoms with Crippen LogP contribution in [0.3, 0.4) is 0 Å². The third-order valence-electron chi connectivity index (χ3n) is 3.66. The second-order valence-electron chi connectivity index (χ2n) is 5.12. The Bertz CT molecular complexity index is 798. The summed E-state index contributed by atoms with van der Waals surface area (Å²) < 4.78 is 27.4. The van der Waals surface area contributed by atoms with E-state index in [2.05, 4.69) is 4.72 Å². The molecule has 5 nitrogen and oxygen atoms in total. The van der Waals surface area contributed by atoms with Gasteiger partial charge in [-0.15, -0.1) is 11.3 Å². The van der Waals surface area contributed by atoms with E-state index in [-0.39, 0.29) is 17.3 Å². The number of thiophene rings is 1. The number of carbonyl (C=O) groups is 1. The van der Waals surface area contributed by atoms with Gasteiger partial charge in [0.05, 0.1) is 4.90 Å². The lowest BCUT2D eigenvalue weighted by molar-refractivity contribution is -0.116. The summed E-state index contributed by atoms with van der Waals surface area (Å²) in [6, 6.07) is 8.74. The van der Waals surface area contributed by atoms with E-state index in [9.17, 15) is 13.2 Å². The molecule has 22 heavy (non-hydrogen) atoms. The van der Waals surface area contributed by atoms with Gasteiger partial charge in [0, 0.05) is 30.6 Å². The highest BCUT2D eigenvalue weighted by atomic mass is 32.2. The van der Waals surface area contributed by atoms with Crippen LogP contribution in [-0.4, -0.2) is 20.9 Å². The molecule has 0 aliphatic carbocycles. The standard InChI is InChI=1S/C15H16N2O3S2/c1-11(18)17-7-6-12-4-5-14(9-15(12)17)22(19,20)16-10-13-3-2-8-21-13/h2-5,8-9,16H,6-7,10H2,1H3. The molecule has 2 heterocycles. The minimum Gasteiger partial charge on any atom is -0.312 e. The smallest absolute Gasteiger partial charge is 0.240 e. The Morgan fingerprint density at radius 3 is 2.86 bits per heavy atom. The van der Waals surface area contributed by atoms with E-state index in [0.717, 1.165) is 16.9 Å². The van der Waals surface area contributed by atoms with Crippen molar-refractivity contribution < 1.29 is 13.2 Å². The molecule has 0 atom stereocenters. The number of hydrogen-bond acceptors (Lipinski definition) is 4. The molecule has 0 radical (unpaired) electrons. The summed E-state index contributed by atoms with van der Waals surface area (Å²) in [5, 5.41) is 1.91. The normalized spacial score (nSPS) is 14.1. The zero-order chi connectivity index (χ0) is 15.7. The number of amides is 1. The van der Waals surface area contributed by atoms with E-state index in [0.29, 0.717) is 12.2 Å². The molecule has 1 aromatic carbocycles. The van der Waals surface area contributed by atoms with Gasteiger partial charge in [0.1, 0.15) is 0 Å². The Kier molecular flexibility index (Phi) is 4.03. The molecule has 1 aliphatic heterocycles. The summed E-state index contributed by atoms with van der Waals surface area (Å²) in [4.78, 5) is 14.4. The van der Waals surface area contributed by atoms with Crippen LogP contribution in [0, 0.1) is 0 Å². The van der Waals surface area contributed by atoms with Gasteiger partial charge in [0.25, 0.3) is 0 Å². The van der Waals surface area contributed by atoms with Crippen LogP contribution in [0.15, 0.2) is 40.6 Å². The third kappa shape index (κ3) is 2.92. The van der Waals surface area contributed by atoms with Crippen LogP contribution < -0.4 is 9.62 Å². The average molecular weight is 336 g/mol. The Morgan fingerprint density at radius 2 is 2.18 bits per heavy atom. The van der Waals surface area contributed by atoms with E-state index in [1.54, 1.807) is 23.1 Å². The zero-order valence-corrected chi connectivity index (χ0v) is 13.7. The van der Waals surface area contributed by atoms with Crippen molar-refractivity contribution >= 4 is 33.0 Å². The van der Waals surface area contributed by atoms with E-state index in [1.165, 1.54) is 18.3 Å². The molecule has 0 spiro atoms. The van der Waals surface area contributed by atoms with Gasteiger partial charge < -0.3 is 4.90 Å². The van der Waals surface area contributed by atoms with Crippen LogP contribution in [0.5, 0.6) is 0 Å². The van der Waals surface area contributed by atoms with E-state index >= 15 is 0 Å². The lowest BCUT2D eigenvalue weighted by Crippen LogP contribution is -2.26. The maximum Gasteiger partial charge on any atom is 0.240 e. The Hall–Kier alpha value is -1.70. The minimum absolute atomic E-state index is 0.0696. The van der Waals surface area contributed by atoms with Crippen molar-refractivity contribution in [2.75, 3.05) is 11.4 Å². The second kappa shape index (κ2) is 5.83. The van der Waals surface area contributed by atoms with Gasteiger partial charge in [-0.3, -0.25) is 4.79 Å². The predicted molar refractivity (Wildman–Crippen MR) is 86.5 cm³/mol. The minimum atomic E-state index is -3.59. The number of fused-ring (bicyclic) bond motifs is 1. The molecule has 0 fully saturated rings. The number of carbonyl (C=O) groups excluding carboxylic acids is 1. The molecule has 0 unspecified atom stereocenters. The highest BCUT2D eigenvalue weighted by Gasteiger charge is 2.25. The van der Waals surface area contributed by atoms with Crippen LogP contribution >= 0.6 is 11.3 Å². The van der Waals surface area contributed by atoms with Crippen molar-refractivity contribution in [2.45, 2.75) is 24.8 Å². The molecule has 1 aromatic heterocycles. The molecule has 116 valence electrons. The molecule has 1 N–H and O–H groups in total. The van der Waals surface area contributed by atoms with Crippen LogP contribution in [0.1, 0.15) is 17.4 Å². The van der Waals surface area contributed by atoms with E-state index in [4.69, 9.17) is 0 Å². The average Bonchev–Trinajstić information content (AvgIpc) is 3.13. The number of rotatable bonds is 4. The van der Waals surface area contributed by atoms with Gasteiger partial charge in [-0.05, 0) is 35.6 Å².